The number of rotatable bonds is 4. The van der Waals surface area contributed by atoms with E-state index in [0.717, 1.165) is 11.3 Å². The minimum absolute atomic E-state index is 0.0461. The third-order valence-corrected chi connectivity index (χ3v) is 2.56. The second kappa shape index (κ2) is 5.50. The molecule has 1 atom stereocenters. The van der Waals surface area contributed by atoms with E-state index in [1.54, 1.807) is 0 Å². The van der Waals surface area contributed by atoms with Gasteiger partial charge in [0, 0.05) is 31.3 Å². The average Bonchev–Trinajstić information content (AvgIpc) is 2.28. The largest absolute Gasteiger partial charge is 0.378 e. The summed E-state index contributed by atoms with van der Waals surface area (Å²) in [7, 11) is 3.97. The molecule has 2 heteroatoms. The Morgan fingerprint density at radius 1 is 1.25 bits per heavy atom. The Labute approximate surface area is 97.6 Å². The molecule has 1 aromatic rings. The van der Waals surface area contributed by atoms with Gasteiger partial charge in [0.1, 0.15) is 0 Å². The number of carbonyl (C=O) groups is 1. The van der Waals surface area contributed by atoms with Gasteiger partial charge in [-0.2, -0.15) is 0 Å². The molecule has 0 aliphatic carbocycles. The summed E-state index contributed by atoms with van der Waals surface area (Å²) in [6.45, 7) is 3.85. The molecule has 0 amide bonds. The summed E-state index contributed by atoms with van der Waals surface area (Å²) >= 11 is 0. The molecule has 0 aliphatic rings. The lowest BCUT2D eigenvalue weighted by molar-refractivity contribution is 0.0953. The molecule has 1 aromatic carbocycles. The molecule has 0 saturated carbocycles. The topological polar surface area (TPSA) is 20.3 Å². The molecule has 0 fully saturated rings. The maximum Gasteiger partial charge on any atom is 0.169 e. The number of benzene rings is 1. The number of nitrogens with zero attached hydrogens (tertiary/aromatic N) is 1. The second-order valence-electron chi connectivity index (χ2n) is 4.12. The van der Waals surface area contributed by atoms with Gasteiger partial charge in [0.05, 0.1) is 0 Å². The fourth-order valence-corrected chi connectivity index (χ4v) is 1.56. The summed E-state index contributed by atoms with van der Waals surface area (Å²) < 4.78 is 0. The number of ketones is 1. The lowest BCUT2D eigenvalue weighted by atomic mass is 9.99. The van der Waals surface area contributed by atoms with Crippen LogP contribution in [0.3, 0.4) is 0 Å². The normalized spacial score (nSPS) is 12.8. The van der Waals surface area contributed by atoms with Crippen molar-refractivity contribution < 1.29 is 4.79 Å². The predicted molar refractivity (Wildman–Crippen MR) is 69.1 cm³/mol. The summed E-state index contributed by atoms with van der Waals surface area (Å²) in [6, 6.07) is 7.71. The average molecular weight is 217 g/mol. The van der Waals surface area contributed by atoms with Crippen molar-refractivity contribution in [1.82, 2.24) is 0 Å². The molecule has 0 aliphatic heterocycles. The molecule has 0 aromatic heterocycles. The molecule has 0 saturated heterocycles. The molecule has 0 N–H and O–H groups in total. The SMILES string of the molecule is C/C=C/[C@H](C)C(=O)c1ccc(N(C)C)cc1. The van der Waals surface area contributed by atoms with E-state index in [0.29, 0.717) is 0 Å². The number of allylic oxidation sites excluding steroid dienone is 2. The van der Waals surface area contributed by atoms with Crippen LogP contribution in [0.5, 0.6) is 0 Å². The number of anilines is 1. The molecular formula is C14H19NO. The van der Waals surface area contributed by atoms with Crippen LogP contribution in [-0.4, -0.2) is 19.9 Å². The van der Waals surface area contributed by atoms with Crippen LogP contribution in [0.1, 0.15) is 24.2 Å². The smallest absolute Gasteiger partial charge is 0.169 e. The van der Waals surface area contributed by atoms with Crippen molar-refractivity contribution in [3.05, 3.63) is 42.0 Å². The lowest BCUT2D eigenvalue weighted by Gasteiger charge is -2.13. The van der Waals surface area contributed by atoms with E-state index in [9.17, 15) is 4.79 Å². The van der Waals surface area contributed by atoms with Gasteiger partial charge < -0.3 is 4.90 Å². The Kier molecular flexibility index (Phi) is 4.29. The Morgan fingerprint density at radius 2 is 1.81 bits per heavy atom. The zero-order valence-electron chi connectivity index (χ0n) is 10.4. The van der Waals surface area contributed by atoms with Crippen LogP contribution in [0, 0.1) is 5.92 Å². The van der Waals surface area contributed by atoms with Gasteiger partial charge in [0.2, 0.25) is 0 Å². The zero-order valence-corrected chi connectivity index (χ0v) is 10.4. The van der Waals surface area contributed by atoms with E-state index >= 15 is 0 Å². The van der Waals surface area contributed by atoms with Crippen molar-refractivity contribution in [3.8, 4) is 0 Å². The minimum atomic E-state index is -0.0461. The van der Waals surface area contributed by atoms with E-state index in [1.165, 1.54) is 0 Å². The summed E-state index contributed by atoms with van der Waals surface area (Å²) in [4.78, 5) is 14.0. The van der Waals surface area contributed by atoms with Crippen LogP contribution in [0.15, 0.2) is 36.4 Å². The van der Waals surface area contributed by atoms with Gasteiger partial charge in [-0.3, -0.25) is 4.79 Å². The van der Waals surface area contributed by atoms with Crippen molar-refractivity contribution >= 4 is 11.5 Å². The predicted octanol–water partition coefficient (Wildman–Crippen LogP) is 3.15. The van der Waals surface area contributed by atoms with Crippen molar-refractivity contribution in [3.63, 3.8) is 0 Å². The van der Waals surface area contributed by atoms with Gasteiger partial charge in [0.25, 0.3) is 0 Å². The van der Waals surface area contributed by atoms with Crippen LogP contribution in [-0.2, 0) is 0 Å². The van der Waals surface area contributed by atoms with Gasteiger partial charge >= 0.3 is 0 Å². The number of hydrogen-bond donors (Lipinski definition) is 0. The Balaban J connectivity index is 2.85. The Morgan fingerprint density at radius 3 is 2.25 bits per heavy atom. The molecule has 0 heterocycles. The van der Waals surface area contributed by atoms with Crippen molar-refractivity contribution in [2.45, 2.75) is 13.8 Å². The molecule has 1 rings (SSSR count). The van der Waals surface area contributed by atoms with Gasteiger partial charge in [0.15, 0.2) is 5.78 Å². The highest BCUT2D eigenvalue weighted by Gasteiger charge is 2.11. The molecule has 0 spiro atoms. The van der Waals surface area contributed by atoms with E-state index in [1.807, 2.05) is 69.3 Å². The number of carbonyl (C=O) groups excluding carboxylic acids is 1. The van der Waals surface area contributed by atoms with Gasteiger partial charge in [-0.1, -0.05) is 19.1 Å². The van der Waals surface area contributed by atoms with E-state index in [-0.39, 0.29) is 11.7 Å². The minimum Gasteiger partial charge on any atom is -0.378 e. The molecule has 0 bridgehead atoms. The highest BCUT2D eigenvalue weighted by Crippen LogP contribution is 2.15. The summed E-state index contributed by atoms with van der Waals surface area (Å²) in [5, 5.41) is 0. The summed E-state index contributed by atoms with van der Waals surface area (Å²) in [5.41, 5.74) is 1.88. The van der Waals surface area contributed by atoms with Crippen LogP contribution in [0.2, 0.25) is 0 Å². The number of Topliss-reactive ketones (excluding diaryl/α,β-unsaturated/α-hetero) is 1. The fraction of sp³-hybridized carbons (Fsp3) is 0.357. The van der Waals surface area contributed by atoms with Gasteiger partial charge in [-0.05, 0) is 31.2 Å². The molecule has 2 nitrogen and oxygen atoms in total. The zero-order chi connectivity index (χ0) is 12.1. The molecule has 16 heavy (non-hydrogen) atoms. The standard InChI is InChI=1S/C14H19NO/c1-5-6-11(2)14(16)12-7-9-13(10-8-12)15(3)4/h5-11H,1-4H3/b6-5+/t11-/m0/s1. The molecule has 0 unspecified atom stereocenters. The maximum absolute atomic E-state index is 12.0. The Bertz CT molecular complexity index is 376. The molecule has 86 valence electrons. The summed E-state index contributed by atoms with van der Waals surface area (Å²) in [6.07, 6.45) is 3.83. The highest BCUT2D eigenvalue weighted by atomic mass is 16.1. The molecular weight excluding hydrogens is 198 g/mol. The van der Waals surface area contributed by atoms with Crippen LogP contribution < -0.4 is 4.90 Å². The van der Waals surface area contributed by atoms with E-state index < -0.39 is 0 Å². The van der Waals surface area contributed by atoms with Gasteiger partial charge in [-0.25, -0.2) is 0 Å². The third-order valence-electron chi connectivity index (χ3n) is 2.56. The second-order valence-corrected chi connectivity index (χ2v) is 4.12. The maximum atomic E-state index is 12.0. The van der Waals surface area contributed by atoms with E-state index in [2.05, 4.69) is 0 Å². The first-order valence-electron chi connectivity index (χ1n) is 5.50. The first-order valence-corrected chi connectivity index (χ1v) is 5.50. The first kappa shape index (κ1) is 12.5. The monoisotopic (exact) mass is 217 g/mol. The van der Waals surface area contributed by atoms with Crippen molar-refractivity contribution in [1.29, 1.82) is 0 Å². The third kappa shape index (κ3) is 2.96. The quantitative estimate of drug-likeness (QED) is 0.570. The van der Waals surface area contributed by atoms with Crippen molar-refractivity contribution in [2.75, 3.05) is 19.0 Å². The summed E-state index contributed by atoms with van der Waals surface area (Å²) in [5.74, 6) is 0.124. The number of hydrogen-bond acceptors (Lipinski definition) is 2. The lowest BCUT2D eigenvalue weighted by Crippen LogP contribution is -2.11. The van der Waals surface area contributed by atoms with Crippen LogP contribution in [0.4, 0.5) is 5.69 Å². The van der Waals surface area contributed by atoms with Crippen LogP contribution >= 0.6 is 0 Å². The van der Waals surface area contributed by atoms with Crippen LogP contribution in [0.25, 0.3) is 0 Å². The first-order chi connectivity index (χ1) is 7.56. The van der Waals surface area contributed by atoms with Crippen molar-refractivity contribution in [2.24, 2.45) is 5.92 Å². The molecule has 0 radical (unpaired) electrons. The highest BCUT2D eigenvalue weighted by molar-refractivity contribution is 5.98. The Hall–Kier alpha value is -1.57. The van der Waals surface area contributed by atoms with E-state index in [4.69, 9.17) is 0 Å². The fourth-order valence-electron chi connectivity index (χ4n) is 1.56. The van der Waals surface area contributed by atoms with Gasteiger partial charge in [-0.15, -0.1) is 0 Å².